The van der Waals surface area contributed by atoms with Crippen LogP contribution in [-0.4, -0.2) is 41.2 Å². The van der Waals surface area contributed by atoms with Gasteiger partial charge in [-0.3, -0.25) is 18.6 Å². The first-order chi connectivity index (χ1) is 12.5. The highest BCUT2D eigenvalue weighted by molar-refractivity contribution is 7.47. The van der Waals surface area contributed by atoms with E-state index in [1.165, 1.54) is 20.8 Å². The molecule has 0 fully saturated rings. The molecule has 0 spiro atoms. The van der Waals surface area contributed by atoms with Gasteiger partial charge in [0.1, 0.15) is 6.10 Å². The number of esters is 2. The summed E-state index contributed by atoms with van der Waals surface area (Å²) in [6.45, 7) is 15.3. The van der Waals surface area contributed by atoms with Gasteiger partial charge >= 0.3 is 19.8 Å². The van der Waals surface area contributed by atoms with Gasteiger partial charge in [-0.25, -0.2) is 4.57 Å². The largest absolute Gasteiger partial charge is 0.472 e. The summed E-state index contributed by atoms with van der Waals surface area (Å²) >= 11 is 0. The van der Waals surface area contributed by atoms with Gasteiger partial charge in [-0.15, -0.1) is 0 Å². The Morgan fingerprint density at radius 1 is 1.04 bits per heavy atom. The normalized spacial score (nSPS) is 18.7. The van der Waals surface area contributed by atoms with Crippen LogP contribution in [0.3, 0.4) is 0 Å². The quantitative estimate of drug-likeness (QED) is 0.366. The van der Waals surface area contributed by atoms with Gasteiger partial charge in [-0.1, -0.05) is 34.1 Å². The van der Waals surface area contributed by atoms with Gasteiger partial charge in [0, 0.05) is 13.8 Å². The maximum absolute atomic E-state index is 12.5. The Bertz CT molecular complexity index is 574. The van der Waals surface area contributed by atoms with E-state index in [1.807, 2.05) is 0 Å². The summed E-state index contributed by atoms with van der Waals surface area (Å²) in [6.07, 6.45) is -0.439. The summed E-state index contributed by atoms with van der Waals surface area (Å²) in [5.74, 6) is -0.837. The third-order valence-electron chi connectivity index (χ3n) is 4.99. The van der Waals surface area contributed by atoms with Gasteiger partial charge in [0.25, 0.3) is 0 Å². The van der Waals surface area contributed by atoms with E-state index in [2.05, 4.69) is 27.7 Å². The molecular formula is C19H37O8P. The monoisotopic (exact) mass is 424 g/mol. The maximum atomic E-state index is 12.5. The summed E-state index contributed by atoms with van der Waals surface area (Å²) in [5.41, 5.74) is -0.995. The zero-order chi connectivity index (χ0) is 22.3. The smallest absolute Gasteiger partial charge is 0.459 e. The summed E-state index contributed by atoms with van der Waals surface area (Å²) in [6, 6.07) is 0. The van der Waals surface area contributed by atoms with Crippen LogP contribution in [0.2, 0.25) is 0 Å². The first-order valence-corrected chi connectivity index (χ1v) is 11.1. The highest BCUT2D eigenvalue weighted by Crippen LogP contribution is 2.51. The molecule has 0 aromatic rings. The van der Waals surface area contributed by atoms with Gasteiger partial charge < -0.3 is 14.4 Å². The molecule has 0 aliphatic carbocycles. The third-order valence-corrected chi connectivity index (χ3v) is 6.19. The number of rotatable bonds is 12. The zero-order valence-electron chi connectivity index (χ0n) is 18.6. The predicted molar refractivity (Wildman–Crippen MR) is 106 cm³/mol. The molecule has 0 amide bonds. The number of hydrogen-bond donors (Lipinski definition) is 1. The lowest BCUT2D eigenvalue weighted by Crippen LogP contribution is -2.37. The second-order valence-electron chi connectivity index (χ2n) is 8.42. The van der Waals surface area contributed by atoms with Crippen LogP contribution in [-0.2, 0) is 32.7 Å². The zero-order valence-corrected chi connectivity index (χ0v) is 19.5. The van der Waals surface area contributed by atoms with Crippen LogP contribution in [0.15, 0.2) is 0 Å². The Balaban J connectivity index is 5.10. The van der Waals surface area contributed by atoms with Gasteiger partial charge in [0.2, 0.25) is 0 Å². The molecule has 0 aliphatic rings. The molecule has 0 rings (SSSR count). The molecule has 8 nitrogen and oxygen atoms in total. The molecule has 0 saturated heterocycles. The van der Waals surface area contributed by atoms with E-state index >= 15 is 0 Å². The van der Waals surface area contributed by atoms with Gasteiger partial charge in [-0.05, 0) is 38.5 Å². The lowest BCUT2D eigenvalue weighted by molar-refractivity contribution is -0.166. The number of ether oxygens (including phenoxy) is 2. The highest BCUT2D eigenvalue weighted by Gasteiger charge is 2.40. The van der Waals surface area contributed by atoms with Crippen LogP contribution >= 0.6 is 7.82 Å². The Morgan fingerprint density at radius 2 is 1.54 bits per heavy atom. The summed E-state index contributed by atoms with van der Waals surface area (Å²) in [4.78, 5) is 32.6. The molecule has 9 heteroatoms. The highest BCUT2D eigenvalue weighted by atomic mass is 31.2. The Morgan fingerprint density at radius 3 is 1.93 bits per heavy atom. The topological polar surface area (TPSA) is 108 Å². The molecule has 4 atom stereocenters. The van der Waals surface area contributed by atoms with E-state index in [4.69, 9.17) is 18.5 Å². The Hall–Kier alpha value is -0.950. The molecule has 0 saturated carbocycles. The second kappa shape index (κ2) is 10.7. The summed E-state index contributed by atoms with van der Waals surface area (Å²) < 4.78 is 33.0. The van der Waals surface area contributed by atoms with Gasteiger partial charge in [0.05, 0.1) is 12.2 Å². The molecule has 28 heavy (non-hydrogen) atoms. The van der Waals surface area contributed by atoms with Crippen molar-refractivity contribution in [2.45, 2.75) is 93.0 Å². The molecule has 0 radical (unpaired) electrons. The molecule has 0 bridgehead atoms. The van der Waals surface area contributed by atoms with E-state index in [1.54, 1.807) is 13.8 Å². The minimum Gasteiger partial charge on any atom is -0.459 e. The lowest BCUT2D eigenvalue weighted by Gasteiger charge is -2.40. The number of carbonyl (C=O) groups excluding carboxylic acids is 2. The van der Waals surface area contributed by atoms with Crippen molar-refractivity contribution >= 4 is 19.8 Å². The number of phosphoric ester groups is 1. The summed E-state index contributed by atoms with van der Waals surface area (Å²) in [5, 5.41) is 0. The fourth-order valence-electron chi connectivity index (χ4n) is 3.06. The van der Waals surface area contributed by atoms with Crippen molar-refractivity contribution in [3.63, 3.8) is 0 Å². The predicted octanol–water partition coefficient (Wildman–Crippen LogP) is 4.24. The average molecular weight is 424 g/mol. The van der Waals surface area contributed by atoms with Crippen molar-refractivity contribution in [2.75, 3.05) is 6.61 Å². The van der Waals surface area contributed by atoms with E-state index in [0.29, 0.717) is 12.3 Å². The van der Waals surface area contributed by atoms with Crippen LogP contribution in [0, 0.1) is 11.3 Å². The molecule has 0 aromatic carbocycles. The van der Waals surface area contributed by atoms with Crippen LogP contribution in [0.25, 0.3) is 0 Å². The lowest BCUT2D eigenvalue weighted by atomic mass is 9.70. The average Bonchev–Trinajstić information content (AvgIpc) is 2.48. The van der Waals surface area contributed by atoms with Crippen LogP contribution < -0.4 is 0 Å². The van der Waals surface area contributed by atoms with E-state index in [0.717, 1.165) is 6.42 Å². The van der Waals surface area contributed by atoms with Gasteiger partial charge in [-0.2, -0.15) is 0 Å². The molecule has 0 aromatic heterocycles. The van der Waals surface area contributed by atoms with Crippen LogP contribution in [0.4, 0.5) is 0 Å². The second-order valence-corrected chi connectivity index (χ2v) is 9.79. The number of phosphoric acid groups is 1. The standard InChI is InChI=1S/C19H37O8P/c1-10-19(9,13(2)3)12-18(7,8)27-28(22,23)24-11-17(26-16(6)21)14(4)25-15(5)20/h13-14,17H,10-12H2,1-9H3,(H,22,23). The molecule has 166 valence electrons. The Kier molecular flexibility index (Phi) is 10.4. The van der Waals surface area contributed by atoms with Crippen LogP contribution in [0.5, 0.6) is 0 Å². The van der Waals surface area contributed by atoms with Crippen molar-refractivity contribution < 1.29 is 37.6 Å². The number of carbonyl (C=O) groups is 2. The first kappa shape index (κ1) is 27.0. The molecule has 1 N–H and O–H groups in total. The van der Waals surface area contributed by atoms with Crippen molar-refractivity contribution in [3.8, 4) is 0 Å². The van der Waals surface area contributed by atoms with Crippen molar-refractivity contribution in [2.24, 2.45) is 11.3 Å². The Labute approximate surface area is 168 Å². The summed E-state index contributed by atoms with van der Waals surface area (Å²) in [7, 11) is -4.44. The van der Waals surface area contributed by atoms with E-state index < -0.39 is 44.2 Å². The van der Waals surface area contributed by atoms with E-state index in [9.17, 15) is 19.0 Å². The minimum absolute atomic E-state index is 0.0758. The maximum Gasteiger partial charge on any atom is 0.472 e. The van der Waals surface area contributed by atoms with E-state index in [-0.39, 0.29) is 5.41 Å². The molecular weight excluding hydrogens is 387 g/mol. The van der Waals surface area contributed by atoms with Gasteiger partial charge in [0.15, 0.2) is 6.10 Å². The number of hydrogen-bond acceptors (Lipinski definition) is 7. The molecule has 0 heterocycles. The minimum atomic E-state index is -4.44. The van der Waals surface area contributed by atoms with Crippen molar-refractivity contribution in [3.05, 3.63) is 0 Å². The first-order valence-electron chi connectivity index (χ1n) is 9.56. The third kappa shape index (κ3) is 10.0. The van der Waals surface area contributed by atoms with Crippen molar-refractivity contribution in [1.82, 2.24) is 0 Å². The molecule has 4 unspecified atom stereocenters. The SMILES string of the molecule is CCC(C)(CC(C)(C)OP(=O)(O)OCC(OC(C)=O)C(C)OC(C)=O)C(C)C. The fourth-order valence-corrected chi connectivity index (χ4v) is 4.14. The van der Waals surface area contributed by atoms with Crippen molar-refractivity contribution in [1.29, 1.82) is 0 Å². The van der Waals surface area contributed by atoms with Crippen LogP contribution in [0.1, 0.15) is 75.2 Å². The molecule has 0 aliphatic heterocycles. The fraction of sp³-hybridized carbons (Fsp3) is 0.895.